The lowest BCUT2D eigenvalue weighted by atomic mass is 10.1. The molecule has 5 nitrogen and oxygen atoms in total. The molecule has 0 saturated heterocycles. The highest BCUT2D eigenvalue weighted by atomic mass is 19.1. The van der Waals surface area contributed by atoms with Crippen LogP contribution in [-0.4, -0.2) is 21.7 Å². The second kappa shape index (κ2) is 8.29. The van der Waals surface area contributed by atoms with Crippen LogP contribution in [0.5, 0.6) is 0 Å². The van der Waals surface area contributed by atoms with E-state index in [1.807, 2.05) is 6.07 Å². The van der Waals surface area contributed by atoms with Crippen LogP contribution < -0.4 is 0 Å². The number of ketones is 2. The molecule has 0 atom stereocenters. The predicted molar refractivity (Wildman–Crippen MR) is 93.0 cm³/mol. The van der Waals surface area contributed by atoms with E-state index in [-0.39, 0.29) is 35.9 Å². The molecule has 0 N–H and O–H groups in total. The van der Waals surface area contributed by atoms with Crippen LogP contribution in [0, 0.1) is 5.82 Å². The van der Waals surface area contributed by atoms with E-state index < -0.39 is 0 Å². The van der Waals surface area contributed by atoms with Gasteiger partial charge in [-0.05, 0) is 42.8 Å². The molecule has 6 heteroatoms. The number of carbonyl (C=O) groups is 2. The minimum atomic E-state index is -0.347. The van der Waals surface area contributed by atoms with Crippen molar-refractivity contribution in [3.63, 3.8) is 0 Å². The molecular formula is C20H17FN2O3. The molecule has 0 unspecified atom stereocenters. The third-order valence-corrected chi connectivity index (χ3v) is 3.89. The van der Waals surface area contributed by atoms with Crippen molar-refractivity contribution in [2.24, 2.45) is 0 Å². The van der Waals surface area contributed by atoms with Gasteiger partial charge in [0.15, 0.2) is 11.5 Å². The highest BCUT2D eigenvalue weighted by Crippen LogP contribution is 2.21. The van der Waals surface area contributed by atoms with Crippen molar-refractivity contribution in [2.75, 3.05) is 0 Å². The van der Waals surface area contributed by atoms with Gasteiger partial charge in [-0.1, -0.05) is 11.2 Å². The van der Waals surface area contributed by atoms with E-state index in [0.717, 1.165) is 5.69 Å². The van der Waals surface area contributed by atoms with E-state index >= 15 is 0 Å². The zero-order valence-electron chi connectivity index (χ0n) is 14.0. The summed E-state index contributed by atoms with van der Waals surface area (Å²) in [5, 5.41) is 3.77. The Hall–Kier alpha value is -3.15. The van der Waals surface area contributed by atoms with E-state index in [0.29, 0.717) is 24.2 Å². The third kappa shape index (κ3) is 4.69. The van der Waals surface area contributed by atoms with Crippen molar-refractivity contribution in [3.8, 4) is 11.3 Å². The monoisotopic (exact) mass is 352 g/mol. The first-order valence-corrected chi connectivity index (χ1v) is 8.29. The molecule has 0 bridgehead atoms. The zero-order valence-corrected chi connectivity index (χ0v) is 14.0. The van der Waals surface area contributed by atoms with Gasteiger partial charge in [-0.3, -0.25) is 14.6 Å². The van der Waals surface area contributed by atoms with Gasteiger partial charge in [0.1, 0.15) is 17.3 Å². The van der Waals surface area contributed by atoms with Gasteiger partial charge in [-0.15, -0.1) is 0 Å². The summed E-state index contributed by atoms with van der Waals surface area (Å²) < 4.78 is 18.1. The number of halogens is 1. The summed E-state index contributed by atoms with van der Waals surface area (Å²) >= 11 is 0. The average molecular weight is 352 g/mol. The summed E-state index contributed by atoms with van der Waals surface area (Å²) in [7, 11) is 0. The van der Waals surface area contributed by atoms with Crippen molar-refractivity contribution < 1.29 is 18.5 Å². The van der Waals surface area contributed by atoms with Crippen LogP contribution in [0.2, 0.25) is 0 Å². The molecule has 2 heterocycles. The van der Waals surface area contributed by atoms with Gasteiger partial charge in [-0.2, -0.15) is 0 Å². The fraction of sp³-hybridized carbons (Fsp3) is 0.200. The first-order valence-electron chi connectivity index (χ1n) is 8.29. The van der Waals surface area contributed by atoms with Crippen LogP contribution in [0.25, 0.3) is 11.3 Å². The molecule has 0 amide bonds. The fourth-order valence-electron chi connectivity index (χ4n) is 2.52. The second-order valence-corrected chi connectivity index (χ2v) is 5.90. The number of rotatable bonds is 8. The smallest absolute Gasteiger partial charge is 0.184 e. The van der Waals surface area contributed by atoms with Gasteiger partial charge < -0.3 is 4.52 Å². The molecule has 26 heavy (non-hydrogen) atoms. The molecule has 0 aliphatic heterocycles. The Balaban J connectivity index is 1.49. The lowest BCUT2D eigenvalue weighted by Gasteiger charge is -2.00. The van der Waals surface area contributed by atoms with Crippen LogP contribution in [0.15, 0.2) is 59.3 Å². The molecule has 0 fully saturated rings. The van der Waals surface area contributed by atoms with Gasteiger partial charge in [0, 0.05) is 42.8 Å². The molecule has 3 rings (SSSR count). The lowest BCUT2D eigenvalue weighted by Crippen LogP contribution is -2.06. The molecule has 0 saturated carbocycles. The molecule has 1 aromatic carbocycles. The van der Waals surface area contributed by atoms with E-state index in [1.165, 1.54) is 18.2 Å². The molecule has 0 aliphatic rings. The summed E-state index contributed by atoms with van der Waals surface area (Å²) in [6.45, 7) is 0. The summed E-state index contributed by atoms with van der Waals surface area (Å²) in [5.41, 5.74) is 1.58. The zero-order chi connectivity index (χ0) is 18.4. The molecule has 2 aromatic heterocycles. The van der Waals surface area contributed by atoms with Crippen molar-refractivity contribution in [1.29, 1.82) is 0 Å². The van der Waals surface area contributed by atoms with Gasteiger partial charge >= 0.3 is 0 Å². The minimum Gasteiger partial charge on any atom is -0.356 e. The van der Waals surface area contributed by atoms with Crippen LogP contribution in [0.4, 0.5) is 4.39 Å². The maximum Gasteiger partial charge on any atom is 0.184 e. The number of pyridine rings is 1. The largest absolute Gasteiger partial charge is 0.356 e. The third-order valence-electron chi connectivity index (χ3n) is 3.89. The first kappa shape index (κ1) is 17.7. The van der Waals surface area contributed by atoms with Crippen molar-refractivity contribution >= 4 is 11.6 Å². The molecule has 3 aromatic rings. The van der Waals surface area contributed by atoms with Crippen molar-refractivity contribution in [3.05, 3.63) is 71.9 Å². The predicted octanol–water partition coefficient (Wildman–Crippen LogP) is 4.04. The second-order valence-electron chi connectivity index (χ2n) is 5.90. The Bertz CT molecular complexity index is 889. The fourth-order valence-corrected chi connectivity index (χ4v) is 2.52. The van der Waals surface area contributed by atoms with E-state index in [4.69, 9.17) is 4.52 Å². The normalized spacial score (nSPS) is 10.7. The van der Waals surface area contributed by atoms with Crippen LogP contribution in [0.1, 0.15) is 35.4 Å². The quantitative estimate of drug-likeness (QED) is 0.572. The Morgan fingerprint density at radius 3 is 2.58 bits per heavy atom. The maximum absolute atomic E-state index is 12.9. The number of benzene rings is 1. The standard InChI is InChI=1S/C20H17FN2O3/c21-15-9-7-14(8-10-15)20-13-18(23-26-20)19(25)6-3-5-17(24)12-16-4-1-2-11-22-16/h1-2,4,7-11,13H,3,5-6,12H2. The van der Waals surface area contributed by atoms with E-state index in [2.05, 4.69) is 10.1 Å². The summed E-state index contributed by atoms with van der Waals surface area (Å²) in [6, 6.07) is 12.7. The first-order chi connectivity index (χ1) is 12.6. The molecule has 0 aliphatic carbocycles. The molecule has 0 spiro atoms. The minimum absolute atomic E-state index is 0.0451. The number of hydrogen-bond acceptors (Lipinski definition) is 5. The summed E-state index contributed by atoms with van der Waals surface area (Å²) in [6.07, 6.45) is 2.89. The maximum atomic E-state index is 12.9. The highest BCUT2D eigenvalue weighted by molar-refractivity contribution is 5.95. The van der Waals surface area contributed by atoms with Crippen molar-refractivity contribution in [2.45, 2.75) is 25.7 Å². The summed E-state index contributed by atoms with van der Waals surface area (Å²) in [5.74, 6) is -0.0871. The highest BCUT2D eigenvalue weighted by Gasteiger charge is 2.14. The molecule has 0 radical (unpaired) electrons. The van der Waals surface area contributed by atoms with Gasteiger partial charge in [-0.25, -0.2) is 4.39 Å². The van der Waals surface area contributed by atoms with E-state index in [1.54, 1.807) is 30.5 Å². The number of hydrogen-bond donors (Lipinski definition) is 0. The van der Waals surface area contributed by atoms with Crippen LogP contribution in [0.3, 0.4) is 0 Å². The van der Waals surface area contributed by atoms with E-state index in [9.17, 15) is 14.0 Å². The molecular weight excluding hydrogens is 335 g/mol. The Kier molecular flexibility index (Phi) is 5.63. The number of aromatic nitrogens is 2. The van der Waals surface area contributed by atoms with Gasteiger partial charge in [0.05, 0.1) is 0 Å². The lowest BCUT2D eigenvalue weighted by molar-refractivity contribution is -0.118. The number of carbonyl (C=O) groups excluding carboxylic acids is 2. The average Bonchev–Trinajstić information content (AvgIpc) is 3.13. The number of nitrogens with zero attached hydrogens (tertiary/aromatic N) is 2. The Morgan fingerprint density at radius 2 is 1.85 bits per heavy atom. The Labute approximate surface area is 149 Å². The summed E-state index contributed by atoms with van der Waals surface area (Å²) in [4.78, 5) is 28.2. The van der Waals surface area contributed by atoms with Crippen molar-refractivity contribution in [1.82, 2.24) is 10.1 Å². The van der Waals surface area contributed by atoms with Gasteiger partial charge in [0.2, 0.25) is 0 Å². The topological polar surface area (TPSA) is 73.1 Å². The van der Waals surface area contributed by atoms with Crippen LogP contribution in [-0.2, 0) is 11.2 Å². The van der Waals surface area contributed by atoms with Crippen LogP contribution >= 0.6 is 0 Å². The number of Topliss-reactive ketones (excluding diaryl/α,β-unsaturated/α-hetero) is 2. The Morgan fingerprint density at radius 1 is 1.04 bits per heavy atom. The van der Waals surface area contributed by atoms with Gasteiger partial charge in [0.25, 0.3) is 0 Å². The SMILES string of the molecule is O=C(CCCC(=O)c1cc(-c2ccc(F)cc2)on1)Cc1ccccn1. The molecule has 132 valence electrons.